The second-order valence-electron chi connectivity index (χ2n) is 5.37. The summed E-state index contributed by atoms with van der Waals surface area (Å²) in [4.78, 5) is 29.5. The van der Waals surface area contributed by atoms with Gasteiger partial charge in [-0.3, -0.25) is 14.3 Å². The van der Waals surface area contributed by atoms with Gasteiger partial charge in [-0.2, -0.15) is 5.10 Å². The van der Waals surface area contributed by atoms with E-state index < -0.39 is 11.9 Å². The molecule has 0 aromatic carbocycles. The molecule has 2 aromatic rings. The molecule has 3 heterocycles. The number of aryl methyl sites for hydroxylation is 1. The highest BCUT2D eigenvalue weighted by molar-refractivity contribution is 7.13. The quantitative estimate of drug-likeness (QED) is 0.925. The Morgan fingerprint density at radius 3 is 2.95 bits per heavy atom. The molecule has 0 aliphatic carbocycles. The minimum Gasteiger partial charge on any atom is -0.481 e. The molecule has 1 amide bonds. The summed E-state index contributed by atoms with van der Waals surface area (Å²) in [5.41, 5.74) is 1.24. The van der Waals surface area contributed by atoms with Crippen molar-refractivity contribution in [3.63, 3.8) is 0 Å². The lowest BCUT2D eigenvalue weighted by Gasteiger charge is -2.30. The number of nitrogens with zero attached hydrogens (tertiary/aromatic N) is 4. The van der Waals surface area contributed by atoms with E-state index in [1.165, 1.54) is 11.3 Å². The second kappa shape index (κ2) is 5.88. The molecule has 1 aliphatic heterocycles. The Morgan fingerprint density at radius 2 is 2.27 bits per heavy atom. The highest BCUT2D eigenvalue weighted by atomic mass is 32.1. The number of aromatic nitrogens is 3. The fourth-order valence-corrected chi connectivity index (χ4v) is 3.33. The number of amides is 1. The molecule has 0 radical (unpaired) electrons. The van der Waals surface area contributed by atoms with Crippen molar-refractivity contribution >= 4 is 23.2 Å². The number of carboxylic acid groups (broad SMARTS) is 1. The first-order valence-corrected chi connectivity index (χ1v) is 7.89. The van der Waals surface area contributed by atoms with Crippen molar-refractivity contribution in [2.24, 2.45) is 13.0 Å². The van der Waals surface area contributed by atoms with Gasteiger partial charge in [-0.05, 0) is 12.8 Å². The zero-order valence-electron chi connectivity index (χ0n) is 12.1. The van der Waals surface area contributed by atoms with Crippen LogP contribution in [0.25, 0.3) is 10.6 Å². The first-order chi connectivity index (χ1) is 10.5. The zero-order chi connectivity index (χ0) is 15.7. The maximum absolute atomic E-state index is 12.5. The van der Waals surface area contributed by atoms with Gasteiger partial charge in [-0.25, -0.2) is 4.98 Å². The fraction of sp³-hybridized carbons (Fsp3) is 0.429. The molecule has 3 rings (SSSR count). The highest BCUT2D eigenvalue weighted by Crippen LogP contribution is 2.25. The summed E-state index contributed by atoms with van der Waals surface area (Å²) in [5.74, 6) is -1.52. The van der Waals surface area contributed by atoms with Crippen LogP contribution in [0.5, 0.6) is 0 Å². The number of thiazole rings is 1. The van der Waals surface area contributed by atoms with Crippen LogP contribution < -0.4 is 0 Å². The van der Waals surface area contributed by atoms with E-state index in [4.69, 9.17) is 5.11 Å². The number of piperidine rings is 1. The van der Waals surface area contributed by atoms with E-state index in [1.54, 1.807) is 21.2 Å². The molecular formula is C14H16N4O3S. The maximum atomic E-state index is 12.5. The number of rotatable bonds is 3. The first-order valence-electron chi connectivity index (χ1n) is 7.01. The number of hydrogen-bond donors (Lipinski definition) is 1. The smallest absolute Gasteiger partial charge is 0.308 e. The van der Waals surface area contributed by atoms with Crippen LogP contribution in [0, 0.1) is 5.92 Å². The Labute approximate surface area is 131 Å². The lowest BCUT2D eigenvalue weighted by atomic mass is 9.98. The molecule has 2 aromatic heterocycles. The molecule has 0 saturated carbocycles. The lowest BCUT2D eigenvalue weighted by Crippen LogP contribution is -2.42. The van der Waals surface area contributed by atoms with E-state index in [0.717, 1.165) is 10.6 Å². The number of carbonyl (C=O) groups is 2. The molecule has 1 atom stereocenters. The van der Waals surface area contributed by atoms with Crippen molar-refractivity contribution in [1.29, 1.82) is 0 Å². The van der Waals surface area contributed by atoms with E-state index >= 15 is 0 Å². The molecule has 1 fully saturated rings. The molecule has 0 unspecified atom stereocenters. The van der Waals surface area contributed by atoms with E-state index in [9.17, 15) is 9.59 Å². The van der Waals surface area contributed by atoms with E-state index in [-0.39, 0.29) is 12.5 Å². The van der Waals surface area contributed by atoms with Gasteiger partial charge in [0.25, 0.3) is 5.91 Å². The number of carbonyl (C=O) groups excluding carboxylic acids is 1. The minimum absolute atomic E-state index is 0.197. The van der Waals surface area contributed by atoms with Crippen molar-refractivity contribution < 1.29 is 14.7 Å². The average Bonchev–Trinajstić information content (AvgIpc) is 3.15. The molecule has 7 nitrogen and oxygen atoms in total. The summed E-state index contributed by atoms with van der Waals surface area (Å²) in [6, 6.07) is 0. The van der Waals surface area contributed by atoms with Crippen molar-refractivity contribution in [3.8, 4) is 10.6 Å². The Balaban J connectivity index is 1.75. The van der Waals surface area contributed by atoms with Gasteiger partial charge < -0.3 is 10.0 Å². The third-order valence-corrected chi connectivity index (χ3v) is 4.62. The molecule has 1 saturated heterocycles. The van der Waals surface area contributed by atoms with E-state index in [2.05, 4.69) is 10.1 Å². The van der Waals surface area contributed by atoms with Gasteiger partial charge in [0.2, 0.25) is 0 Å². The van der Waals surface area contributed by atoms with Gasteiger partial charge in [0.1, 0.15) is 10.7 Å². The average molecular weight is 320 g/mol. The molecule has 1 aliphatic rings. The number of aliphatic carboxylic acids is 1. The number of carboxylic acids is 1. The highest BCUT2D eigenvalue weighted by Gasteiger charge is 2.29. The predicted octanol–water partition coefficient (Wildman–Crippen LogP) is 1.48. The molecule has 0 spiro atoms. The van der Waals surface area contributed by atoms with Crippen LogP contribution in [-0.2, 0) is 11.8 Å². The van der Waals surface area contributed by atoms with E-state index in [0.29, 0.717) is 25.1 Å². The topological polar surface area (TPSA) is 88.3 Å². The largest absolute Gasteiger partial charge is 0.481 e. The first kappa shape index (κ1) is 14.7. The zero-order valence-corrected chi connectivity index (χ0v) is 12.9. The van der Waals surface area contributed by atoms with Crippen molar-refractivity contribution in [2.75, 3.05) is 13.1 Å². The molecule has 0 bridgehead atoms. The SMILES string of the molecule is Cn1cc(-c2nc(C(=O)N3CCC[C@@H](C(=O)O)C3)cs2)cn1. The Bertz CT molecular complexity index is 709. The Kier molecular flexibility index (Phi) is 3.93. The lowest BCUT2D eigenvalue weighted by molar-refractivity contribution is -0.143. The summed E-state index contributed by atoms with van der Waals surface area (Å²) in [7, 11) is 1.82. The van der Waals surface area contributed by atoms with Crippen molar-refractivity contribution in [2.45, 2.75) is 12.8 Å². The van der Waals surface area contributed by atoms with Gasteiger partial charge >= 0.3 is 5.97 Å². The second-order valence-corrected chi connectivity index (χ2v) is 6.23. The summed E-state index contributed by atoms with van der Waals surface area (Å²) in [6.45, 7) is 0.844. The minimum atomic E-state index is -0.841. The normalized spacial score (nSPS) is 18.4. The molecule has 1 N–H and O–H groups in total. The van der Waals surface area contributed by atoms with Crippen LogP contribution in [0.1, 0.15) is 23.3 Å². The van der Waals surface area contributed by atoms with Crippen LogP contribution in [-0.4, -0.2) is 49.7 Å². The molecule has 8 heteroatoms. The standard InChI is InChI=1S/C14H16N4O3S/c1-17-6-10(5-15-17)12-16-11(8-22-12)13(19)18-4-2-3-9(7-18)14(20)21/h5-6,8-9H,2-4,7H2,1H3,(H,20,21)/t9-/m1/s1. The summed E-state index contributed by atoms with van der Waals surface area (Å²) in [6.07, 6.45) is 4.88. The van der Waals surface area contributed by atoms with Gasteiger partial charge in [0, 0.05) is 37.3 Å². The van der Waals surface area contributed by atoms with Crippen LogP contribution in [0.4, 0.5) is 0 Å². The van der Waals surface area contributed by atoms with Gasteiger partial charge in [0.15, 0.2) is 0 Å². The third kappa shape index (κ3) is 2.87. The Hall–Kier alpha value is -2.22. The van der Waals surface area contributed by atoms with Crippen LogP contribution in [0.15, 0.2) is 17.8 Å². The molecular weight excluding hydrogens is 304 g/mol. The summed E-state index contributed by atoms with van der Waals surface area (Å²) >= 11 is 1.39. The fourth-order valence-electron chi connectivity index (χ4n) is 2.56. The maximum Gasteiger partial charge on any atom is 0.308 e. The number of hydrogen-bond acceptors (Lipinski definition) is 5. The van der Waals surface area contributed by atoms with Crippen molar-refractivity contribution in [1.82, 2.24) is 19.7 Å². The van der Waals surface area contributed by atoms with Gasteiger partial charge in [-0.1, -0.05) is 0 Å². The van der Waals surface area contributed by atoms with Gasteiger partial charge in [-0.15, -0.1) is 11.3 Å². The van der Waals surface area contributed by atoms with Crippen LogP contribution in [0.3, 0.4) is 0 Å². The Morgan fingerprint density at radius 1 is 1.45 bits per heavy atom. The summed E-state index contributed by atoms with van der Waals surface area (Å²) < 4.78 is 1.68. The number of likely N-dealkylation sites (tertiary alicyclic amines) is 1. The van der Waals surface area contributed by atoms with Gasteiger partial charge in [0.05, 0.1) is 12.1 Å². The van der Waals surface area contributed by atoms with Crippen LogP contribution in [0.2, 0.25) is 0 Å². The third-order valence-electron chi connectivity index (χ3n) is 3.73. The predicted molar refractivity (Wildman–Crippen MR) is 80.6 cm³/mol. The van der Waals surface area contributed by atoms with Crippen LogP contribution >= 0.6 is 11.3 Å². The van der Waals surface area contributed by atoms with E-state index in [1.807, 2.05) is 13.2 Å². The monoisotopic (exact) mass is 320 g/mol. The molecule has 22 heavy (non-hydrogen) atoms. The van der Waals surface area contributed by atoms with Crippen molar-refractivity contribution in [3.05, 3.63) is 23.5 Å². The summed E-state index contributed by atoms with van der Waals surface area (Å²) in [5, 5.41) is 15.6. The molecule has 116 valence electrons.